The highest BCUT2D eigenvalue weighted by Crippen LogP contribution is 2.88. The van der Waals surface area contributed by atoms with Crippen LogP contribution in [0, 0.1) is 0 Å². The Labute approximate surface area is 160 Å². The van der Waals surface area contributed by atoms with E-state index in [0.717, 1.165) is 5.75 Å². The second-order valence-electron chi connectivity index (χ2n) is 6.54. The van der Waals surface area contributed by atoms with E-state index in [2.05, 4.69) is 32.9 Å². The Morgan fingerprint density at radius 3 is 1.67 bits per heavy atom. The Bertz CT molecular complexity index is 495. The molecule has 1 unspecified atom stereocenters. The molecule has 0 radical (unpaired) electrons. The van der Waals surface area contributed by atoms with Gasteiger partial charge in [0.25, 0.3) is 0 Å². The van der Waals surface area contributed by atoms with E-state index >= 15 is 0 Å². The molecule has 138 valence electrons. The third kappa shape index (κ3) is 5.73. The minimum Gasteiger partial charge on any atom is -0.702 e. The second-order valence-corrected chi connectivity index (χ2v) is 21.6. The lowest BCUT2D eigenvalue weighted by atomic mass is 10.3. The van der Waals surface area contributed by atoms with Crippen LogP contribution >= 0.6 is 11.9 Å². The molecule has 0 spiro atoms. The molecule has 24 heavy (non-hydrogen) atoms. The van der Waals surface area contributed by atoms with Crippen molar-refractivity contribution in [2.45, 2.75) is 59.3 Å². The molecule has 1 atom stereocenters. The number of methoxy groups -OCH3 is 1. The van der Waals surface area contributed by atoms with Crippen molar-refractivity contribution in [1.29, 1.82) is 0 Å². The topological polar surface area (TPSA) is 9.23 Å². The van der Waals surface area contributed by atoms with Gasteiger partial charge in [-0.1, -0.05) is 51.8 Å². The molecule has 1 nitrogen and oxygen atoms in total. The summed E-state index contributed by atoms with van der Waals surface area (Å²) < 4.78 is 5.32. The van der Waals surface area contributed by atoms with Crippen molar-refractivity contribution in [3.63, 3.8) is 0 Å². The van der Waals surface area contributed by atoms with Crippen LogP contribution in [0.2, 0.25) is 0 Å². The summed E-state index contributed by atoms with van der Waals surface area (Å²) in [4.78, 5) is -1.93. The summed E-state index contributed by atoms with van der Waals surface area (Å²) in [6, 6.07) is 8.39. The lowest BCUT2D eigenvalue weighted by Gasteiger charge is -2.43. The molecule has 1 aromatic rings. The zero-order chi connectivity index (χ0) is 18.1. The Morgan fingerprint density at radius 2 is 1.33 bits per heavy atom. The number of hydrogen-bond acceptors (Lipinski definition) is 3. The molecule has 0 aliphatic heterocycles. The number of rotatable bonds is 12. The molecule has 0 saturated carbocycles. The fourth-order valence-corrected chi connectivity index (χ4v) is 18.9. The summed E-state index contributed by atoms with van der Waals surface area (Å²) in [5.41, 5.74) is 0. The fraction of sp³-hybridized carbons (Fsp3) is 0.684. The molecule has 5 heteroatoms. The van der Waals surface area contributed by atoms with Gasteiger partial charge < -0.3 is 17.0 Å². The van der Waals surface area contributed by atoms with E-state index in [4.69, 9.17) is 28.8 Å². The smallest absolute Gasteiger partial charge is 0.118 e. The Hall–Kier alpha value is 0.450. The van der Waals surface area contributed by atoms with Gasteiger partial charge in [0.15, 0.2) is 0 Å². The van der Waals surface area contributed by atoms with Crippen molar-refractivity contribution in [2.75, 3.05) is 25.6 Å². The summed E-state index contributed by atoms with van der Waals surface area (Å²) in [7, 11) is 1.71. The summed E-state index contributed by atoms with van der Waals surface area (Å²) in [6.45, 7) is 5.56. The van der Waals surface area contributed by atoms with Crippen LogP contribution in [-0.2, 0) is 24.1 Å². The van der Waals surface area contributed by atoms with Crippen molar-refractivity contribution in [1.82, 2.24) is 0 Å². The maximum atomic E-state index is 6.30. The molecular weight excluding hydrogens is 370 g/mol. The van der Waals surface area contributed by atoms with Gasteiger partial charge in [-0.15, -0.1) is 0 Å². The first-order valence-corrected chi connectivity index (χ1v) is 16.2. The van der Waals surface area contributed by atoms with Gasteiger partial charge in [0.1, 0.15) is 5.75 Å². The molecule has 0 fully saturated rings. The number of benzene rings is 1. The molecule has 0 heterocycles. The minimum absolute atomic E-state index is 0.892. The Morgan fingerprint density at radius 1 is 0.917 bits per heavy atom. The first-order chi connectivity index (χ1) is 11.5. The van der Waals surface area contributed by atoms with Gasteiger partial charge in [0.2, 0.25) is 0 Å². The molecule has 1 aromatic carbocycles. The molecular formula is C19H34OP2S2. The van der Waals surface area contributed by atoms with Crippen molar-refractivity contribution < 1.29 is 4.74 Å². The van der Waals surface area contributed by atoms with Crippen molar-refractivity contribution in [3.8, 4) is 5.75 Å². The predicted octanol–water partition coefficient (Wildman–Crippen LogP) is 6.59. The average Bonchev–Trinajstić information content (AvgIpc) is 2.61. The fourth-order valence-electron chi connectivity index (χ4n) is 3.10. The van der Waals surface area contributed by atoms with E-state index < -0.39 is 11.9 Å². The maximum absolute atomic E-state index is 6.30. The van der Waals surface area contributed by atoms with Crippen LogP contribution in [0.15, 0.2) is 24.3 Å². The normalized spacial score (nSPS) is 14.4. The summed E-state index contributed by atoms with van der Waals surface area (Å²) in [6.07, 6.45) is 11.5. The van der Waals surface area contributed by atoms with E-state index in [1.165, 1.54) is 62.3 Å². The molecule has 1 rings (SSSR count). The standard InChI is InChI=1S/C19H34OP2S2/c1-5-8-15-21(16-9-6-2,17-10-7-3)22(23,24)19-13-11-18(20-4)12-14-19/h11-14H,5-10,15-17H2,1-4H3. The first-order valence-electron chi connectivity index (χ1n) is 9.29. The van der Waals surface area contributed by atoms with Crippen LogP contribution in [0.5, 0.6) is 5.75 Å². The largest absolute Gasteiger partial charge is 0.702 e. The van der Waals surface area contributed by atoms with Crippen LogP contribution in [0.3, 0.4) is 0 Å². The van der Waals surface area contributed by atoms with Crippen LogP contribution in [0.4, 0.5) is 0 Å². The van der Waals surface area contributed by atoms with Gasteiger partial charge in [-0.3, -0.25) is 0 Å². The van der Waals surface area contributed by atoms with Gasteiger partial charge in [-0.05, 0) is 53.8 Å². The van der Waals surface area contributed by atoms with Gasteiger partial charge in [0.05, 0.1) is 25.6 Å². The van der Waals surface area contributed by atoms with E-state index in [0.29, 0.717) is 0 Å². The third-order valence-corrected chi connectivity index (χ3v) is 23.6. The molecule has 0 saturated heterocycles. The first kappa shape index (κ1) is 22.5. The van der Waals surface area contributed by atoms with Crippen molar-refractivity contribution in [3.05, 3.63) is 24.3 Å². The molecule has 0 aromatic heterocycles. The zero-order valence-corrected chi connectivity index (χ0v) is 19.2. The van der Waals surface area contributed by atoms with Crippen molar-refractivity contribution in [2.24, 2.45) is 0 Å². The molecule has 0 N–H and O–H groups in total. The lowest BCUT2D eigenvalue weighted by Crippen LogP contribution is -2.15. The Kier molecular flexibility index (Phi) is 10.5. The van der Waals surface area contributed by atoms with Crippen LogP contribution < -0.4 is 10.0 Å². The number of hydrogen-bond donors (Lipinski definition) is 0. The highest BCUT2D eigenvalue weighted by Gasteiger charge is 2.42. The summed E-state index contributed by atoms with van der Waals surface area (Å²) in [5, 5.41) is 1.25. The lowest BCUT2D eigenvalue weighted by molar-refractivity contribution is 0.415. The van der Waals surface area contributed by atoms with E-state index in [1.54, 1.807) is 7.11 Å². The number of unbranched alkanes of at least 4 members (excludes halogenated alkanes) is 3. The van der Waals surface area contributed by atoms with E-state index in [1.807, 2.05) is 12.1 Å². The minimum atomic E-state index is -1.93. The Balaban J connectivity index is 3.25. The van der Waals surface area contributed by atoms with Crippen LogP contribution in [-0.4, -0.2) is 25.6 Å². The summed E-state index contributed by atoms with van der Waals surface area (Å²) >= 11 is 12.6. The second kappa shape index (κ2) is 11.2. The van der Waals surface area contributed by atoms with Crippen LogP contribution in [0.25, 0.3) is 0 Å². The van der Waals surface area contributed by atoms with Crippen molar-refractivity contribution >= 4 is 41.2 Å². The molecule has 0 aliphatic rings. The SMILES string of the molecule is CCCC[P+](CCCC)(CCCC)P(=S)([S-])c1ccc(OC)cc1. The van der Waals surface area contributed by atoms with Gasteiger partial charge in [0, 0.05) is 6.95 Å². The quantitative estimate of drug-likeness (QED) is 0.287. The predicted molar refractivity (Wildman–Crippen MR) is 121 cm³/mol. The van der Waals surface area contributed by atoms with E-state index in [9.17, 15) is 0 Å². The summed E-state index contributed by atoms with van der Waals surface area (Å²) in [5.74, 6) is 0.892. The van der Waals surface area contributed by atoms with Gasteiger partial charge >= 0.3 is 0 Å². The number of ether oxygens (including phenoxy) is 1. The molecule has 0 amide bonds. The highest BCUT2D eigenvalue weighted by molar-refractivity contribution is 8.85. The van der Waals surface area contributed by atoms with E-state index in [-0.39, 0.29) is 0 Å². The molecule has 0 aliphatic carbocycles. The van der Waals surface area contributed by atoms with Crippen LogP contribution in [0.1, 0.15) is 59.3 Å². The van der Waals surface area contributed by atoms with Gasteiger partial charge in [-0.2, -0.15) is 0 Å². The maximum Gasteiger partial charge on any atom is 0.118 e. The third-order valence-electron chi connectivity index (χ3n) is 4.74. The monoisotopic (exact) mass is 404 g/mol. The zero-order valence-electron chi connectivity index (χ0n) is 15.8. The highest BCUT2D eigenvalue weighted by atomic mass is 33.1. The molecule has 0 bridgehead atoms. The van der Waals surface area contributed by atoms with Gasteiger partial charge in [-0.25, -0.2) is 0 Å². The average molecular weight is 405 g/mol.